The lowest BCUT2D eigenvalue weighted by Crippen LogP contribution is -2.21. The number of esters is 1. The molecule has 0 heterocycles. The topological polar surface area (TPSA) is 55.4 Å². The zero-order chi connectivity index (χ0) is 15.9. The first-order valence-corrected chi connectivity index (χ1v) is 7.11. The van der Waals surface area contributed by atoms with Crippen molar-refractivity contribution >= 4 is 17.6 Å². The fourth-order valence-electron chi connectivity index (χ4n) is 2.08. The molecule has 0 radical (unpaired) electrons. The van der Waals surface area contributed by atoms with Gasteiger partial charge in [-0.3, -0.25) is 9.59 Å². The molecule has 114 valence electrons. The Kier molecular flexibility index (Phi) is 5.31. The van der Waals surface area contributed by atoms with Gasteiger partial charge in [0.05, 0.1) is 6.42 Å². The molecule has 0 aliphatic heterocycles. The van der Waals surface area contributed by atoms with E-state index < -0.39 is 5.97 Å². The average molecular weight is 297 g/mol. The summed E-state index contributed by atoms with van der Waals surface area (Å²) in [5, 5.41) is 2.70. The Balaban J connectivity index is 1.81. The maximum absolute atomic E-state index is 11.8. The molecular formula is C18H19NO3. The quantitative estimate of drug-likeness (QED) is 0.863. The van der Waals surface area contributed by atoms with Crippen molar-refractivity contribution in [3.8, 4) is 0 Å². The zero-order valence-corrected chi connectivity index (χ0v) is 12.8. The maximum atomic E-state index is 11.8. The smallest absolute Gasteiger partial charge is 0.310 e. The molecule has 0 atom stereocenters. The lowest BCUT2D eigenvalue weighted by atomic mass is 10.1. The van der Waals surface area contributed by atoms with Gasteiger partial charge in [0.2, 0.25) is 0 Å². The van der Waals surface area contributed by atoms with Crippen LogP contribution in [0.3, 0.4) is 0 Å². The SMILES string of the molecule is Cc1cccc(NC(=O)COC(=O)Cc2ccccc2C)c1. The number of carbonyl (C=O) groups is 2. The van der Waals surface area contributed by atoms with Gasteiger partial charge in [-0.2, -0.15) is 0 Å². The molecule has 4 heteroatoms. The van der Waals surface area contributed by atoms with Crippen LogP contribution in [0, 0.1) is 13.8 Å². The molecule has 0 saturated carbocycles. The number of hydrogen-bond donors (Lipinski definition) is 1. The van der Waals surface area contributed by atoms with E-state index in [1.807, 2.05) is 56.3 Å². The molecule has 2 aromatic carbocycles. The van der Waals surface area contributed by atoms with Crippen LogP contribution in [0.15, 0.2) is 48.5 Å². The number of ether oxygens (including phenoxy) is 1. The van der Waals surface area contributed by atoms with Crippen LogP contribution in [0.1, 0.15) is 16.7 Å². The van der Waals surface area contributed by atoms with Gasteiger partial charge in [-0.05, 0) is 42.7 Å². The Labute approximate surface area is 130 Å². The number of hydrogen-bond acceptors (Lipinski definition) is 3. The second-order valence-electron chi connectivity index (χ2n) is 5.18. The summed E-state index contributed by atoms with van der Waals surface area (Å²) in [4.78, 5) is 23.5. The predicted octanol–water partition coefficient (Wildman–Crippen LogP) is 3.03. The molecule has 0 aliphatic carbocycles. The summed E-state index contributed by atoms with van der Waals surface area (Å²) in [5.74, 6) is -0.752. The monoisotopic (exact) mass is 297 g/mol. The van der Waals surface area contributed by atoms with E-state index in [0.29, 0.717) is 5.69 Å². The molecule has 0 aliphatic rings. The van der Waals surface area contributed by atoms with E-state index in [9.17, 15) is 9.59 Å². The predicted molar refractivity (Wildman–Crippen MR) is 85.7 cm³/mol. The van der Waals surface area contributed by atoms with Crippen LogP contribution >= 0.6 is 0 Å². The summed E-state index contributed by atoms with van der Waals surface area (Å²) in [6.07, 6.45) is 0.171. The standard InChI is InChI=1S/C18H19NO3/c1-13-6-5-9-16(10-13)19-17(20)12-22-18(21)11-15-8-4-3-7-14(15)2/h3-10H,11-12H2,1-2H3,(H,19,20). The van der Waals surface area contributed by atoms with Crippen molar-refractivity contribution in [3.05, 3.63) is 65.2 Å². The molecule has 1 amide bonds. The van der Waals surface area contributed by atoms with E-state index in [0.717, 1.165) is 16.7 Å². The minimum absolute atomic E-state index is 0.171. The van der Waals surface area contributed by atoms with Crippen molar-refractivity contribution in [3.63, 3.8) is 0 Å². The maximum Gasteiger partial charge on any atom is 0.310 e. The number of amides is 1. The molecule has 0 unspecified atom stereocenters. The molecule has 4 nitrogen and oxygen atoms in total. The van der Waals surface area contributed by atoms with Gasteiger partial charge < -0.3 is 10.1 Å². The van der Waals surface area contributed by atoms with Crippen LogP contribution in [0.4, 0.5) is 5.69 Å². The van der Waals surface area contributed by atoms with Crippen molar-refractivity contribution in [2.45, 2.75) is 20.3 Å². The van der Waals surface area contributed by atoms with E-state index in [2.05, 4.69) is 5.32 Å². The van der Waals surface area contributed by atoms with Gasteiger partial charge in [-0.25, -0.2) is 0 Å². The molecule has 22 heavy (non-hydrogen) atoms. The fraction of sp³-hybridized carbons (Fsp3) is 0.222. The largest absolute Gasteiger partial charge is 0.455 e. The number of aryl methyl sites for hydroxylation is 2. The third-order valence-electron chi connectivity index (χ3n) is 3.26. The normalized spacial score (nSPS) is 10.1. The molecule has 0 spiro atoms. The molecular weight excluding hydrogens is 278 g/mol. The summed E-state index contributed by atoms with van der Waals surface area (Å²) in [6.45, 7) is 3.60. The minimum atomic E-state index is -0.409. The second kappa shape index (κ2) is 7.41. The van der Waals surface area contributed by atoms with Crippen molar-refractivity contribution < 1.29 is 14.3 Å². The Hall–Kier alpha value is -2.62. The van der Waals surface area contributed by atoms with Gasteiger partial charge in [0.25, 0.3) is 5.91 Å². The molecule has 0 fully saturated rings. The Morgan fingerprint density at radius 1 is 1.05 bits per heavy atom. The van der Waals surface area contributed by atoms with E-state index >= 15 is 0 Å². The Bertz CT molecular complexity index is 680. The molecule has 1 N–H and O–H groups in total. The van der Waals surface area contributed by atoms with E-state index in [4.69, 9.17) is 4.74 Å². The Morgan fingerprint density at radius 3 is 2.55 bits per heavy atom. The lowest BCUT2D eigenvalue weighted by Gasteiger charge is -2.08. The zero-order valence-electron chi connectivity index (χ0n) is 12.8. The van der Waals surface area contributed by atoms with Crippen molar-refractivity contribution in [1.82, 2.24) is 0 Å². The fourth-order valence-corrected chi connectivity index (χ4v) is 2.08. The van der Waals surface area contributed by atoms with E-state index in [-0.39, 0.29) is 18.9 Å². The summed E-state index contributed by atoms with van der Waals surface area (Å²) >= 11 is 0. The van der Waals surface area contributed by atoms with Gasteiger partial charge in [0.1, 0.15) is 0 Å². The third kappa shape index (κ3) is 4.74. The number of benzene rings is 2. The summed E-state index contributed by atoms with van der Waals surface area (Å²) < 4.78 is 5.01. The highest BCUT2D eigenvalue weighted by Gasteiger charge is 2.10. The van der Waals surface area contributed by atoms with Crippen molar-refractivity contribution in [2.24, 2.45) is 0 Å². The summed E-state index contributed by atoms with van der Waals surface area (Å²) in [7, 11) is 0. The number of nitrogens with one attached hydrogen (secondary N) is 1. The van der Waals surface area contributed by atoms with Gasteiger partial charge in [0.15, 0.2) is 6.61 Å². The van der Waals surface area contributed by atoms with Crippen molar-refractivity contribution in [1.29, 1.82) is 0 Å². The lowest BCUT2D eigenvalue weighted by molar-refractivity contribution is -0.146. The first kappa shape index (κ1) is 15.8. The van der Waals surface area contributed by atoms with Crippen LogP contribution in [0.2, 0.25) is 0 Å². The highest BCUT2D eigenvalue weighted by molar-refractivity contribution is 5.92. The van der Waals surface area contributed by atoms with Crippen LogP contribution in [0.25, 0.3) is 0 Å². The molecule has 0 aromatic heterocycles. The van der Waals surface area contributed by atoms with Crippen LogP contribution in [-0.2, 0) is 20.7 Å². The summed E-state index contributed by atoms with van der Waals surface area (Å²) in [5.41, 5.74) is 3.68. The first-order chi connectivity index (χ1) is 10.5. The van der Waals surface area contributed by atoms with Gasteiger partial charge in [-0.15, -0.1) is 0 Å². The number of anilines is 1. The molecule has 0 bridgehead atoms. The van der Waals surface area contributed by atoms with Crippen LogP contribution in [-0.4, -0.2) is 18.5 Å². The van der Waals surface area contributed by atoms with E-state index in [1.165, 1.54) is 0 Å². The van der Waals surface area contributed by atoms with Crippen LogP contribution in [0.5, 0.6) is 0 Å². The molecule has 2 rings (SSSR count). The second-order valence-corrected chi connectivity index (χ2v) is 5.18. The average Bonchev–Trinajstić information content (AvgIpc) is 2.48. The van der Waals surface area contributed by atoms with Gasteiger partial charge in [-0.1, -0.05) is 36.4 Å². The van der Waals surface area contributed by atoms with Crippen molar-refractivity contribution in [2.75, 3.05) is 11.9 Å². The third-order valence-corrected chi connectivity index (χ3v) is 3.26. The molecule has 0 saturated heterocycles. The first-order valence-electron chi connectivity index (χ1n) is 7.11. The van der Waals surface area contributed by atoms with Gasteiger partial charge >= 0.3 is 5.97 Å². The highest BCUT2D eigenvalue weighted by Crippen LogP contribution is 2.10. The number of rotatable bonds is 5. The highest BCUT2D eigenvalue weighted by atomic mass is 16.5. The minimum Gasteiger partial charge on any atom is -0.455 e. The Morgan fingerprint density at radius 2 is 1.82 bits per heavy atom. The van der Waals surface area contributed by atoms with Gasteiger partial charge in [0, 0.05) is 5.69 Å². The summed E-state index contributed by atoms with van der Waals surface area (Å²) in [6, 6.07) is 15.1. The number of carbonyl (C=O) groups excluding carboxylic acids is 2. The van der Waals surface area contributed by atoms with Crippen LogP contribution < -0.4 is 5.32 Å². The van der Waals surface area contributed by atoms with E-state index in [1.54, 1.807) is 6.07 Å². The molecule has 2 aromatic rings.